The van der Waals surface area contributed by atoms with Gasteiger partial charge < -0.3 is 20.1 Å². The second-order valence-electron chi connectivity index (χ2n) is 5.64. The van der Waals surface area contributed by atoms with Gasteiger partial charge in [-0.25, -0.2) is 9.59 Å². The van der Waals surface area contributed by atoms with Gasteiger partial charge in [0.15, 0.2) is 0 Å². The molecule has 0 bridgehead atoms. The molecule has 2 aliphatic rings. The van der Waals surface area contributed by atoms with Crippen LogP contribution in [0.1, 0.15) is 46.0 Å². The number of urea groups is 1. The molecule has 2 amide bonds. The Kier molecular flexibility index (Phi) is 4.52. The molecule has 1 aliphatic carbocycles. The molecule has 1 unspecified atom stereocenters. The summed E-state index contributed by atoms with van der Waals surface area (Å²) in [6, 6.07) is -0.130. The molecule has 0 aromatic rings. The van der Waals surface area contributed by atoms with Gasteiger partial charge in [-0.05, 0) is 39.0 Å². The van der Waals surface area contributed by atoms with Crippen molar-refractivity contribution >= 4 is 12.0 Å². The van der Waals surface area contributed by atoms with Gasteiger partial charge in [-0.1, -0.05) is 6.92 Å². The number of ether oxygens (including phenoxy) is 1. The van der Waals surface area contributed by atoms with E-state index in [0.29, 0.717) is 26.0 Å². The van der Waals surface area contributed by atoms with Gasteiger partial charge in [0.05, 0.1) is 6.10 Å². The Morgan fingerprint density at radius 1 is 1.40 bits per heavy atom. The van der Waals surface area contributed by atoms with E-state index in [9.17, 15) is 14.7 Å². The van der Waals surface area contributed by atoms with Gasteiger partial charge >= 0.3 is 12.0 Å². The van der Waals surface area contributed by atoms with E-state index in [4.69, 9.17) is 4.74 Å². The summed E-state index contributed by atoms with van der Waals surface area (Å²) in [5, 5.41) is 12.4. The Balaban J connectivity index is 1.91. The molecule has 2 N–H and O–H groups in total. The summed E-state index contributed by atoms with van der Waals surface area (Å²) in [7, 11) is 0. The van der Waals surface area contributed by atoms with Crippen LogP contribution in [0, 0.1) is 0 Å². The van der Waals surface area contributed by atoms with E-state index < -0.39 is 11.5 Å². The van der Waals surface area contributed by atoms with Crippen molar-refractivity contribution in [2.24, 2.45) is 0 Å². The molecule has 114 valence electrons. The Hall–Kier alpha value is -1.30. The average molecular weight is 284 g/mol. The van der Waals surface area contributed by atoms with Crippen LogP contribution in [-0.4, -0.2) is 52.8 Å². The van der Waals surface area contributed by atoms with Crippen molar-refractivity contribution < 1.29 is 19.4 Å². The summed E-state index contributed by atoms with van der Waals surface area (Å²) in [4.78, 5) is 25.3. The quantitative estimate of drug-likeness (QED) is 0.803. The van der Waals surface area contributed by atoms with Gasteiger partial charge in [0.1, 0.15) is 5.54 Å². The standard InChI is InChI=1S/C14H24N2O4/c1-3-14(12(17)18)6-5-7-16(14)13(19)15-10-8-11(9-10)20-4-2/h10-11H,3-9H2,1-2H3,(H,15,19)(H,17,18). The highest BCUT2D eigenvalue weighted by Gasteiger charge is 2.49. The van der Waals surface area contributed by atoms with Crippen molar-refractivity contribution in [3.63, 3.8) is 0 Å². The fraction of sp³-hybridized carbons (Fsp3) is 0.857. The van der Waals surface area contributed by atoms with Crippen molar-refractivity contribution in [2.45, 2.75) is 63.6 Å². The number of nitrogens with one attached hydrogen (secondary N) is 1. The summed E-state index contributed by atoms with van der Waals surface area (Å²) in [6.07, 6.45) is 3.61. The third-order valence-corrected chi connectivity index (χ3v) is 4.54. The molecule has 1 saturated heterocycles. The monoisotopic (exact) mass is 284 g/mol. The number of amides is 2. The Labute approximate surface area is 119 Å². The van der Waals surface area contributed by atoms with E-state index in [1.54, 1.807) is 0 Å². The van der Waals surface area contributed by atoms with Crippen LogP contribution in [0.15, 0.2) is 0 Å². The van der Waals surface area contributed by atoms with Gasteiger partial charge in [0, 0.05) is 19.2 Å². The van der Waals surface area contributed by atoms with E-state index in [1.807, 2.05) is 13.8 Å². The summed E-state index contributed by atoms with van der Waals surface area (Å²) in [6.45, 7) is 5.00. The number of nitrogens with zero attached hydrogens (tertiary/aromatic N) is 1. The van der Waals surface area contributed by atoms with Gasteiger partial charge in [-0.15, -0.1) is 0 Å². The highest BCUT2D eigenvalue weighted by Crippen LogP contribution is 2.33. The van der Waals surface area contributed by atoms with Gasteiger partial charge in [0.25, 0.3) is 0 Å². The molecule has 0 aromatic heterocycles. The lowest BCUT2D eigenvalue weighted by atomic mass is 9.89. The molecule has 0 spiro atoms. The molecule has 1 aliphatic heterocycles. The predicted molar refractivity (Wildman–Crippen MR) is 73.6 cm³/mol. The first-order valence-corrected chi connectivity index (χ1v) is 7.46. The molecule has 1 heterocycles. The second kappa shape index (κ2) is 5.99. The first-order valence-electron chi connectivity index (χ1n) is 7.46. The molecule has 2 fully saturated rings. The Bertz CT molecular complexity index is 381. The molecule has 2 rings (SSSR count). The number of likely N-dealkylation sites (tertiary alicyclic amines) is 1. The van der Waals surface area contributed by atoms with Crippen molar-refractivity contribution in [3.05, 3.63) is 0 Å². The average Bonchev–Trinajstić information content (AvgIpc) is 2.81. The smallest absolute Gasteiger partial charge is 0.329 e. The molecule has 20 heavy (non-hydrogen) atoms. The maximum absolute atomic E-state index is 12.3. The molecular formula is C14H24N2O4. The lowest BCUT2D eigenvalue weighted by Crippen LogP contribution is -2.59. The van der Waals surface area contributed by atoms with Crippen LogP contribution in [0.2, 0.25) is 0 Å². The van der Waals surface area contributed by atoms with Crippen LogP contribution in [-0.2, 0) is 9.53 Å². The number of aliphatic carboxylic acids is 1. The largest absolute Gasteiger partial charge is 0.479 e. The molecule has 1 atom stereocenters. The molecule has 6 heteroatoms. The van der Waals surface area contributed by atoms with Crippen molar-refractivity contribution in [3.8, 4) is 0 Å². The van der Waals surface area contributed by atoms with Crippen LogP contribution in [0.4, 0.5) is 4.79 Å². The van der Waals surface area contributed by atoms with Crippen LogP contribution >= 0.6 is 0 Å². The molecular weight excluding hydrogens is 260 g/mol. The van der Waals surface area contributed by atoms with Crippen LogP contribution in [0.3, 0.4) is 0 Å². The summed E-state index contributed by atoms with van der Waals surface area (Å²) >= 11 is 0. The highest BCUT2D eigenvalue weighted by atomic mass is 16.5. The number of carbonyl (C=O) groups is 2. The van der Waals surface area contributed by atoms with E-state index in [-0.39, 0.29) is 18.2 Å². The number of rotatable bonds is 5. The summed E-state index contributed by atoms with van der Waals surface area (Å²) in [5.74, 6) is -0.895. The molecule has 6 nitrogen and oxygen atoms in total. The van der Waals surface area contributed by atoms with E-state index in [0.717, 1.165) is 19.3 Å². The fourth-order valence-electron chi connectivity index (χ4n) is 3.22. The van der Waals surface area contributed by atoms with Crippen molar-refractivity contribution in [2.75, 3.05) is 13.2 Å². The predicted octanol–water partition coefficient (Wildman–Crippen LogP) is 1.59. The number of carboxylic acids is 1. The Morgan fingerprint density at radius 3 is 2.65 bits per heavy atom. The minimum absolute atomic E-state index is 0.114. The lowest BCUT2D eigenvalue weighted by Gasteiger charge is -2.39. The van der Waals surface area contributed by atoms with Gasteiger partial charge in [0.2, 0.25) is 0 Å². The third-order valence-electron chi connectivity index (χ3n) is 4.54. The zero-order chi connectivity index (χ0) is 14.8. The number of hydrogen-bond acceptors (Lipinski definition) is 3. The van der Waals surface area contributed by atoms with Crippen molar-refractivity contribution in [1.29, 1.82) is 0 Å². The zero-order valence-electron chi connectivity index (χ0n) is 12.2. The van der Waals surface area contributed by atoms with Crippen molar-refractivity contribution in [1.82, 2.24) is 10.2 Å². The highest BCUT2D eigenvalue weighted by molar-refractivity contribution is 5.87. The number of carbonyl (C=O) groups excluding carboxylic acids is 1. The maximum Gasteiger partial charge on any atom is 0.329 e. The van der Waals surface area contributed by atoms with Gasteiger partial charge in [-0.3, -0.25) is 0 Å². The zero-order valence-corrected chi connectivity index (χ0v) is 12.2. The SMILES string of the molecule is CCOC1CC(NC(=O)N2CCCC2(CC)C(=O)O)C1. The minimum atomic E-state index is -1.02. The minimum Gasteiger partial charge on any atom is -0.479 e. The topological polar surface area (TPSA) is 78.9 Å². The van der Waals surface area contributed by atoms with Crippen LogP contribution in [0.25, 0.3) is 0 Å². The molecule has 0 radical (unpaired) electrons. The second-order valence-corrected chi connectivity index (χ2v) is 5.64. The Morgan fingerprint density at radius 2 is 2.10 bits per heavy atom. The summed E-state index contributed by atoms with van der Waals surface area (Å²) < 4.78 is 5.46. The van der Waals surface area contributed by atoms with E-state index >= 15 is 0 Å². The maximum atomic E-state index is 12.3. The number of hydrogen-bond donors (Lipinski definition) is 2. The fourth-order valence-corrected chi connectivity index (χ4v) is 3.22. The first-order chi connectivity index (χ1) is 9.53. The summed E-state index contributed by atoms with van der Waals surface area (Å²) in [5.41, 5.74) is -1.02. The van der Waals surface area contributed by atoms with Crippen LogP contribution in [0.5, 0.6) is 0 Å². The normalized spacial score (nSPS) is 32.8. The number of carboxylic acid groups (broad SMARTS) is 1. The third kappa shape index (κ3) is 2.61. The lowest BCUT2D eigenvalue weighted by molar-refractivity contribution is -0.148. The first kappa shape index (κ1) is 15.1. The van der Waals surface area contributed by atoms with Crippen LogP contribution < -0.4 is 5.32 Å². The van der Waals surface area contributed by atoms with E-state index in [2.05, 4.69) is 5.32 Å². The van der Waals surface area contributed by atoms with E-state index in [1.165, 1.54) is 4.90 Å². The molecule has 0 aromatic carbocycles. The molecule has 1 saturated carbocycles. The van der Waals surface area contributed by atoms with Gasteiger partial charge in [-0.2, -0.15) is 0 Å².